The van der Waals surface area contributed by atoms with Gasteiger partial charge in [-0.25, -0.2) is 5.43 Å². The van der Waals surface area contributed by atoms with Gasteiger partial charge in [-0.1, -0.05) is 0 Å². The van der Waals surface area contributed by atoms with Crippen LogP contribution in [-0.2, 0) is 0 Å². The number of H-pyrrole nitrogens is 1. The molecule has 1 amide bonds. The van der Waals surface area contributed by atoms with Crippen molar-refractivity contribution < 1.29 is 9.21 Å². The van der Waals surface area contributed by atoms with Gasteiger partial charge >= 0.3 is 0 Å². The summed E-state index contributed by atoms with van der Waals surface area (Å²) in [6, 6.07) is 5.17. The lowest BCUT2D eigenvalue weighted by Crippen LogP contribution is -2.19. The summed E-state index contributed by atoms with van der Waals surface area (Å²) in [7, 11) is 0. The molecule has 2 rings (SSSR count). The molecule has 0 aliphatic rings. The summed E-state index contributed by atoms with van der Waals surface area (Å²) in [6.45, 7) is 3.57. The van der Waals surface area contributed by atoms with Crippen LogP contribution in [0, 0.1) is 6.92 Å². The Hall–Kier alpha value is -2.37. The second-order valence-electron chi connectivity index (χ2n) is 3.55. The van der Waals surface area contributed by atoms with Gasteiger partial charge in [0, 0.05) is 5.69 Å². The molecule has 2 N–H and O–H groups in total. The number of hydrazone groups is 1. The molecule has 0 aromatic carbocycles. The first-order chi connectivity index (χ1) is 8.16. The second-order valence-corrected chi connectivity index (χ2v) is 3.55. The van der Waals surface area contributed by atoms with Gasteiger partial charge in [-0.3, -0.25) is 9.89 Å². The maximum absolute atomic E-state index is 11.6. The highest BCUT2D eigenvalue weighted by Gasteiger charge is 2.08. The van der Waals surface area contributed by atoms with E-state index in [4.69, 9.17) is 4.42 Å². The molecule has 0 aliphatic heterocycles. The first-order valence-corrected chi connectivity index (χ1v) is 5.07. The van der Waals surface area contributed by atoms with E-state index in [1.54, 1.807) is 31.4 Å². The van der Waals surface area contributed by atoms with Crippen LogP contribution in [0.5, 0.6) is 0 Å². The maximum atomic E-state index is 11.6. The lowest BCUT2D eigenvalue weighted by Gasteiger charge is -1.97. The molecule has 0 saturated heterocycles. The molecule has 2 aromatic heterocycles. The van der Waals surface area contributed by atoms with Gasteiger partial charge in [0.25, 0.3) is 5.91 Å². The Balaban J connectivity index is 2.03. The van der Waals surface area contributed by atoms with E-state index in [1.807, 2.05) is 6.92 Å². The number of nitrogens with zero attached hydrogens (tertiary/aromatic N) is 2. The fraction of sp³-hybridized carbons (Fsp3) is 0.182. The average Bonchev–Trinajstić information content (AvgIpc) is 2.95. The molecule has 0 atom stereocenters. The molecule has 2 heterocycles. The smallest absolute Gasteiger partial charge is 0.291 e. The molecule has 17 heavy (non-hydrogen) atoms. The number of hydrogen-bond donors (Lipinski definition) is 2. The fourth-order valence-corrected chi connectivity index (χ4v) is 1.27. The summed E-state index contributed by atoms with van der Waals surface area (Å²) < 4.78 is 5.13. The number of hydrogen-bond acceptors (Lipinski definition) is 4. The monoisotopic (exact) mass is 232 g/mol. The van der Waals surface area contributed by atoms with Crippen LogP contribution in [0.3, 0.4) is 0 Å². The first-order valence-electron chi connectivity index (χ1n) is 5.07. The van der Waals surface area contributed by atoms with Crippen LogP contribution in [0.2, 0.25) is 0 Å². The molecule has 0 aliphatic carbocycles. The molecular weight excluding hydrogens is 220 g/mol. The van der Waals surface area contributed by atoms with Crippen LogP contribution in [0.1, 0.15) is 28.9 Å². The zero-order chi connectivity index (χ0) is 12.3. The maximum Gasteiger partial charge on any atom is 0.291 e. The van der Waals surface area contributed by atoms with Crippen molar-refractivity contribution in [3.63, 3.8) is 0 Å². The van der Waals surface area contributed by atoms with Crippen molar-refractivity contribution in [2.24, 2.45) is 5.10 Å². The summed E-state index contributed by atoms with van der Waals surface area (Å²) in [4.78, 5) is 11.6. The van der Waals surface area contributed by atoms with E-state index in [2.05, 4.69) is 20.7 Å². The number of aromatic amines is 1. The summed E-state index contributed by atoms with van der Waals surface area (Å²) >= 11 is 0. The van der Waals surface area contributed by atoms with Gasteiger partial charge in [0.2, 0.25) is 0 Å². The molecule has 0 saturated carbocycles. The van der Waals surface area contributed by atoms with E-state index in [0.29, 0.717) is 17.2 Å². The van der Waals surface area contributed by atoms with Crippen LogP contribution < -0.4 is 5.43 Å². The van der Waals surface area contributed by atoms with Crippen LogP contribution >= 0.6 is 0 Å². The fourth-order valence-electron chi connectivity index (χ4n) is 1.27. The largest absolute Gasteiger partial charge is 0.463 e. The molecular formula is C11H12N4O2. The van der Waals surface area contributed by atoms with Gasteiger partial charge in [0.15, 0.2) is 5.69 Å². The topological polar surface area (TPSA) is 83.3 Å². The molecule has 2 aromatic rings. The van der Waals surface area contributed by atoms with E-state index >= 15 is 0 Å². The highest BCUT2D eigenvalue weighted by Crippen LogP contribution is 2.02. The Kier molecular flexibility index (Phi) is 3.04. The normalized spacial score (nSPS) is 11.5. The summed E-state index contributed by atoms with van der Waals surface area (Å²) in [5.41, 5.74) is 4.13. The summed E-state index contributed by atoms with van der Waals surface area (Å²) in [5, 5.41) is 10.4. The number of furan rings is 1. The van der Waals surface area contributed by atoms with Gasteiger partial charge in [-0.15, -0.1) is 0 Å². The number of carbonyl (C=O) groups is 1. The lowest BCUT2D eigenvalue weighted by atomic mass is 10.3. The van der Waals surface area contributed by atoms with Crippen molar-refractivity contribution >= 4 is 11.6 Å². The predicted octanol–water partition coefficient (Wildman–Crippen LogP) is 1.47. The molecule has 0 bridgehead atoms. The minimum atomic E-state index is -0.361. The van der Waals surface area contributed by atoms with E-state index in [0.717, 1.165) is 5.69 Å². The van der Waals surface area contributed by atoms with Crippen molar-refractivity contribution in [2.45, 2.75) is 13.8 Å². The van der Waals surface area contributed by atoms with Crippen molar-refractivity contribution in [1.29, 1.82) is 0 Å². The third-order valence-electron chi connectivity index (χ3n) is 2.14. The highest BCUT2D eigenvalue weighted by atomic mass is 16.3. The van der Waals surface area contributed by atoms with Crippen LogP contribution in [0.4, 0.5) is 0 Å². The predicted molar refractivity (Wildman–Crippen MR) is 61.7 cm³/mol. The Morgan fingerprint density at radius 3 is 3.00 bits per heavy atom. The number of nitrogens with one attached hydrogen (secondary N) is 2. The highest BCUT2D eigenvalue weighted by molar-refractivity contribution is 5.98. The van der Waals surface area contributed by atoms with Crippen molar-refractivity contribution in [1.82, 2.24) is 15.6 Å². The molecule has 0 fully saturated rings. The van der Waals surface area contributed by atoms with Crippen molar-refractivity contribution in [3.8, 4) is 0 Å². The molecule has 6 heteroatoms. The number of aryl methyl sites for hydroxylation is 1. The Labute approximate surface area is 97.7 Å². The Bertz CT molecular complexity index is 540. The van der Waals surface area contributed by atoms with Gasteiger partial charge in [0.1, 0.15) is 11.5 Å². The van der Waals surface area contributed by atoms with Crippen LogP contribution in [-0.4, -0.2) is 21.8 Å². The van der Waals surface area contributed by atoms with E-state index < -0.39 is 0 Å². The van der Waals surface area contributed by atoms with E-state index in [-0.39, 0.29) is 5.91 Å². The summed E-state index contributed by atoms with van der Waals surface area (Å²) in [6.07, 6.45) is 1.55. The number of aromatic nitrogens is 2. The lowest BCUT2D eigenvalue weighted by molar-refractivity contribution is 0.0950. The van der Waals surface area contributed by atoms with Gasteiger partial charge in [0.05, 0.1) is 6.26 Å². The average molecular weight is 232 g/mol. The third-order valence-corrected chi connectivity index (χ3v) is 2.14. The number of carbonyl (C=O) groups excluding carboxylic acids is 1. The van der Waals surface area contributed by atoms with Crippen LogP contribution in [0.15, 0.2) is 34.0 Å². The molecule has 0 radical (unpaired) electrons. The molecule has 0 spiro atoms. The van der Waals surface area contributed by atoms with Gasteiger partial charge in [-0.2, -0.15) is 10.2 Å². The Morgan fingerprint density at radius 1 is 1.59 bits per heavy atom. The quantitative estimate of drug-likeness (QED) is 0.620. The minimum Gasteiger partial charge on any atom is -0.463 e. The second kappa shape index (κ2) is 4.65. The van der Waals surface area contributed by atoms with E-state index in [1.165, 1.54) is 0 Å². The molecule has 88 valence electrons. The zero-order valence-electron chi connectivity index (χ0n) is 9.52. The Morgan fingerprint density at radius 2 is 2.41 bits per heavy atom. The van der Waals surface area contributed by atoms with E-state index in [9.17, 15) is 4.79 Å². The third kappa shape index (κ3) is 2.60. The number of rotatable bonds is 3. The molecule has 0 unspecified atom stereocenters. The van der Waals surface area contributed by atoms with Crippen molar-refractivity contribution in [3.05, 3.63) is 41.6 Å². The molecule has 6 nitrogen and oxygen atoms in total. The van der Waals surface area contributed by atoms with Gasteiger partial charge in [-0.05, 0) is 32.0 Å². The first kappa shape index (κ1) is 11.1. The SMILES string of the molecule is C/C(=N/NC(=O)c1cc(C)[nH]n1)c1ccco1. The minimum absolute atomic E-state index is 0.304. The summed E-state index contributed by atoms with van der Waals surface area (Å²) in [5.74, 6) is 0.253. The number of amides is 1. The van der Waals surface area contributed by atoms with Gasteiger partial charge < -0.3 is 4.42 Å². The van der Waals surface area contributed by atoms with Crippen LogP contribution in [0.25, 0.3) is 0 Å². The standard InChI is InChI=1S/C11H12N4O2/c1-7-6-9(14-12-7)11(16)15-13-8(2)10-4-3-5-17-10/h3-6H,1-2H3,(H,12,14)(H,15,16)/b13-8-. The zero-order valence-corrected chi connectivity index (χ0v) is 9.52. The van der Waals surface area contributed by atoms with Crippen molar-refractivity contribution in [2.75, 3.05) is 0 Å².